The zero-order chi connectivity index (χ0) is 13.8. The standard InChI is InChI=1S/C15H26N4O/c1-16-11-14-15(12-7-9-20-10-8-12)19(18-17-14)13-5-3-2-4-6-13/h12-13,16H,2-11H2,1H3. The van der Waals surface area contributed by atoms with Gasteiger partial charge in [-0.2, -0.15) is 0 Å². The highest BCUT2D eigenvalue weighted by atomic mass is 16.5. The van der Waals surface area contributed by atoms with Crippen molar-refractivity contribution in [3.63, 3.8) is 0 Å². The molecule has 1 aliphatic carbocycles. The van der Waals surface area contributed by atoms with E-state index in [-0.39, 0.29) is 0 Å². The Balaban J connectivity index is 1.87. The molecule has 1 aromatic heterocycles. The Morgan fingerprint density at radius 1 is 1.15 bits per heavy atom. The predicted molar refractivity (Wildman–Crippen MR) is 77.7 cm³/mol. The van der Waals surface area contributed by atoms with Gasteiger partial charge in [-0.05, 0) is 32.7 Å². The fourth-order valence-corrected chi connectivity index (χ4v) is 3.62. The maximum Gasteiger partial charge on any atom is 0.0999 e. The fourth-order valence-electron chi connectivity index (χ4n) is 3.62. The number of hydrogen-bond acceptors (Lipinski definition) is 4. The Kier molecular flexibility index (Phi) is 4.68. The third-order valence-corrected chi connectivity index (χ3v) is 4.68. The highest BCUT2D eigenvalue weighted by Gasteiger charge is 2.28. The molecule has 112 valence electrons. The van der Waals surface area contributed by atoms with E-state index in [1.165, 1.54) is 37.8 Å². The molecular formula is C15H26N4O. The zero-order valence-corrected chi connectivity index (χ0v) is 12.5. The first-order valence-electron chi connectivity index (χ1n) is 8.06. The molecule has 0 spiro atoms. The van der Waals surface area contributed by atoms with Gasteiger partial charge in [0.1, 0.15) is 0 Å². The minimum Gasteiger partial charge on any atom is -0.381 e. The van der Waals surface area contributed by atoms with Crippen LogP contribution in [0.1, 0.15) is 68.3 Å². The van der Waals surface area contributed by atoms with Crippen molar-refractivity contribution in [2.45, 2.75) is 63.5 Å². The second-order valence-electron chi connectivity index (χ2n) is 6.07. The summed E-state index contributed by atoms with van der Waals surface area (Å²) in [7, 11) is 1.98. The van der Waals surface area contributed by atoms with Gasteiger partial charge in [-0.15, -0.1) is 5.10 Å². The molecule has 1 saturated heterocycles. The summed E-state index contributed by atoms with van der Waals surface area (Å²) >= 11 is 0. The first kappa shape index (κ1) is 14.0. The molecule has 0 radical (unpaired) electrons. The maximum atomic E-state index is 5.52. The minimum atomic E-state index is 0.569. The van der Waals surface area contributed by atoms with Crippen molar-refractivity contribution >= 4 is 0 Å². The summed E-state index contributed by atoms with van der Waals surface area (Å²) in [5.41, 5.74) is 2.53. The Morgan fingerprint density at radius 2 is 1.90 bits per heavy atom. The molecule has 0 atom stereocenters. The van der Waals surface area contributed by atoms with Crippen molar-refractivity contribution in [1.82, 2.24) is 20.3 Å². The molecular weight excluding hydrogens is 252 g/mol. The van der Waals surface area contributed by atoms with Crippen molar-refractivity contribution in [2.24, 2.45) is 0 Å². The van der Waals surface area contributed by atoms with Crippen LogP contribution in [-0.2, 0) is 11.3 Å². The predicted octanol–water partition coefficient (Wildman–Crippen LogP) is 2.40. The average Bonchev–Trinajstić information content (AvgIpc) is 2.93. The highest BCUT2D eigenvalue weighted by Crippen LogP contribution is 2.34. The molecule has 0 unspecified atom stereocenters. The number of nitrogens with one attached hydrogen (secondary N) is 1. The van der Waals surface area contributed by atoms with Crippen molar-refractivity contribution in [2.75, 3.05) is 20.3 Å². The Hall–Kier alpha value is -0.940. The summed E-state index contributed by atoms with van der Waals surface area (Å²) in [6.45, 7) is 2.57. The molecule has 20 heavy (non-hydrogen) atoms. The molecule has 5 nitrogen and oxygen atoms in total. The lowest BCUT2D eigenvalue weighted by molar-refractivity contribution is 0.0825. The monoisotopic (exact) mass is 278 g/mol. The lowest BCUT2D eigenvalue weighted by atomic mass is 9.91. The number of hydrogen-bond donors (Lipinski definition) is 1. The molecule has 2 aliphatic rings. The van der Waals surface area contributed by atoms with Crippen LogP contribution in [0.15, 0.2) is 0 Å². The maximum absolute atomic E-state index is 5.52. The average molecular weight is 278 g/mol. The van der Waals surface area contributed by atoms with E-state index in [1.54, 1.807) is 0 Å². The van der Waals surface area contributed by atoms with Gasteiger partial charge in [-0.3, -0.25) is 0 Å². The first-order valence-corrected chi connectivity index (χ1v) is 8.06. The van der Waals surface area contributed by atoms with Crippen molar-refractivity contribution in [1.29, 1.82) is 0 Å². The Labute approximate surface area is 121 Å². The van der Waals surface area contributed by atoms with Crippen LogP contribution in [-0.4, -0.2) is 35.3 Å². The van der Waals surface area contributed by atoms with Crippen molar-refractivity contribution in [3.8, 4) is 0 Å². The quantitative estimate of drug-likeness (QED) is 0.919. The van der Waals surface area contributed by atoms with Crippen LogP contribution in [0, 0.1) is 0 Å². The van der Waals surface area contributed by atoms with Gasteiger partial charge in [0.15, 0.2) is 0 Å². The zero-order valence-electron chi connectivity index (χ0n) is 12.5. The Bertz CT molecular complexity index is 420. The van der Waals surface area contributed by atoms with Gasteiger partial charge in [0, 0.05) is 25.7 Å². The van der Waals surface area contributed by atoms with Crippen LogP contribution in [0.25, 0.3) is 0 Å². The molecule has 0 amide bonds. The molecule has 0 bridgehead atoms. The molecule has 1 aliphatic heterocycles. The summed E-state index contributed by atoms with van der Waals surface area (Å²) in [5.74, 6) is 0.573. The van der Waals surface area contributed by atoms with E-state index in [0.29, 0.717) is 12.0 Å². The van der Waals surface area contributed by atoms with Crippen molar-refractivity contribution < 1.29 is 4.74 Å². The number of ether oxygens (including phenoxy) is 1. The van der Waals surface area contributed by atoms with E-state index in [4.69, 9.17) is 4.74 Å². The summed E-state index contributed by atoms with van der Waals surface area (Å²) in [6, 6.07) is 0.569. The number of aromatic nitrogens is 3. The highest BCUT2D eigenvalue weighted by molar-refractivity contribution is 5.17. The van der Waals surface area contributed by atoms with Crippen LogP contribution in [0.4, 0.5) is 0 Å². The third-order valence-electron chi connectivity index (χ3n) is 4.68. The molecule has 5 heteroatoms. The largest absolute Gasteiger partial charge is 0.381 e. The summed E-state index contributed by atoms with van der Waals surface area (Å²) in [6.07, 6.45) is 8.78. The lowest BCUT2D eigenvalue weighted by Crippen LogP contribution is -2.23. The Morgan fingerprint density at radius 3 is 2.60 bits per heavy atom. The van der Waals surface area contributed by atoms with Crippen LogP contribution in [0.3, 0.4) is 0 Å². The number of nitrogens with zero attached hydrogens (tertiary/aromatic N) is 3. The van der Waals surface area contributed by atoms with E-state index in [1.807, 2.05) is 7.05 Å². The van der Waals surface area contributed by atoms with Gasteiger partial charge >= 0.3 is 0 Å². The first-order chi connectivity index (χ1) is 9.90. The molecule has 2 heterocycles. The van der Waals surface area contributed by atoms with E-state index in [2.05, 4.69) is 20.3 Å². The topological polar surface area (TPSA) is 52.0 Å². The molecule has 0 aromatic carbocycles. The van der Waals surface area contributed by atoms with Crippen LogP contribution < -0.4 is 5.32 Å². The summed E-state index contributed by atoms with van der Waals surface area (Å²) in [4.78, 5) is 0. The third kappa shape index (κ3) is 2.88. The van der Waals surface area contributed by atoms with Gasteiger partial charge in [0.2, 0.25) is 0 Å². The molecule has 1 N–H and O–H groups in total. The second kappa shape index (κ2) is 6.68. The van der Waals surface area contributed by atoms with Gasteiger partial charge in [-0.1, -0.05) is 24.5 Å². The summed E-state index contributed by atoms with van der Waals surface area (Å²) < 4.78 is 7.78. The second-order valence-corrected chi connectivity index (χ2v) is 6.07. The van der Waals surface area contributed by atoms with E-state index < -0.39 is 0 Å². The normalized spacial score (nSPS) is 22.2. The van der Waals surface area contributed by atoms with Gasteiger partial charge in [-0.25, -0.2) is 4.68 Å². The van der Waals surface area contributed by atoms with E-state index >= 15 is 0 Å². The van der Waals surface area contributed by atoms with Crippen molar-refractivity contribution in [3.05, 3.63) is 11.4 Å². The van der Waals surface area contributed by atoms with Gasteiger partial charge in [0.25, 0.3) is 0 Å². The van der Waals surface area contributed by atoms with E-state index in [0.717, 1.165) is 38.3 Å². The van der Waals surface area contributed by atoms with Crippen LogP contribution >= 0.6 is 0 Å². The molecule has 3 rings (SSSR count). The SMILES string of the molecule is CNCc1nnn(C2CCCCC2)c1C1CCOCC1. The van der Waals surface area contributed by atoms with Crippen LogP contribution in [0.2, 0.25) is 0 Å². The smallest absolute Gasteiger partial charge is 0.0999 e. The van der Waals surface area contributed by atoms with Gasteiger partial charge in [0.05, 0.1) is 17.4 Å². The fraction of sp³-hybridized carbons (Fsp3) is 0.867. The lowest BCUT2D eigenvalue weighted by Gasteiger charge is -2.28. The molecule has 1 aromatic rings. The van der Waals surface area contributed by atoms with Gasteiger partial charge < -0.3 is 10.1 Å². The van der Waals surface area contributed by atoms with Crippen LogP contribution in [0.5, 0.6) is 0 Å². The summed E-state index contributed by atoms with van der Waals surface area (Å²) in [5, 5.41) is 12.2. The molecule has 2 fully saturated rings. The number of rotatable bonds is 4. The molecule has 1 saturated carbocycles. The van der Waals surface area contributed by atoms with E-state index in [9.17, 15) is 0 Å². The minimum absolute atomic E-state index is 0.569.